The fourth-order valence-electron chi connectivity index (χ4n) is 1.35. The molecule has 0 fully saturated rings. The second kappa shape index (κ2) is 2.76. The van der Waals surface area contributed by atoms with Crippen LogP contribution in [0, 0.1) is 0 Å². The van der Waals surface area contributed by atoms with Crippen LogP contribution in [0.4, 0.5) is 5.69 Å². The van der Waals surface area contributed by atoms with E-state index in [1.165, 1.54) is 10.7 Å². The Hall–Kier alpha value is -1.07. The molecular weight excluding hydrogens is 165 g/mol. The number of fused-ring (bicyclic) bond motifs is 1. The molecule has 0 amide bonds. The topological polar surface area (TPSA) is 26.0 Å². The maximum Gasteiger partial charge on any atom is 0.0394 e. The third kappa shape index (κ3) is 1.07. The van der Waals surface area contributed by atoms with Gasteiger partial charge >= 0.3 is 0 Å². The van der Waals surface area contributed by atoms with E-state index in [1.807, 2.05) is 30.3 Å². The molecule has 0 aliphatic carbocycles. The third-order valence-corrected chi connectivity index (χ3v) is 2.49. The summed E-state index contributed by atoms with van der Waals surface area (Å²) in [4.78, 5) is 0. The van der Waals surface area contributed by atoms with Gasteiger partial charge in [-0.1, -0.05) is 30.3 Å². The minimum Gasteiger partial charge on any atom is -0.398 e. The fourth-order valence-corrected chi connectivity index (χ4v) is 1.69. The van der Waals surface area contributed by atoms with Crippen molar-refractivity contribution in [1.29, 1.82) is 0 Å². The molecule has 2 N–H and O–H groups in total. The molecule has 0 saturated heterocycles. The van der Waals surface area contributed by atoms with Crippen molar-refractivity contribution in [3.8, 4) is 0 Å². The third-order valence-electron chi connectivity index (χ3n) is 1.99. The standard InChI is InChI=1S/C10H10NP/c11-9-5-6-10(12)8-4-2-1-3-7(8)9/h1-6H,11-12H2. The number of hydrogen-bond donors (Lipinski definition) is 1. The van der Waals surface area contributed by atoms with E-state index in [-0.39, 0.29) is 0 Å². The van der Waals surface area contributed by atoms with Gasteiger partial charge in [-0.3, -0.25) is 0 Å². The second-order valence-electron chi connectivity index (χ2n) is 2.79. The number of nitrogen functional groups attached to an aromatic ring is 1. The van der Waals surface area contributed by atoms with Gasteiger partial charge in [0.1, 0.15) is 0 Å². The molecule has 12 heavy (non-hydrogen) atoms. The van der Waals surface area contributed by atoms with E-state index in [0.29, 0.717) is 0 Å². The van der Waals surface area contributed by atoms with Crippen LogP contribution in [0.15, 0.2) is 36.4 Å². The van der Waals surface area contributed by atoms with Crippen LogP contribution in [-0.2, 0) is 0 Å². The summed E-state index contributed by atoms with van der Waals surface area (Å²) in [5.74, 6) is 0. The van der Waals surface area contributed by atoms with Gasteiger partial charge in [-0.2, -0.15) is 0 Å². The first-order chi connectivity index (χ1) is 5.79. The Bertz CT molecular complexity index is 383. The van der Waals surface area contributed by atoms with Gasteiger partial charge in [0.2, 0.25) is 0 Å². The first-order valence-corrected chi connectivity index (χ1v) is 4.39. The van der Waals surface area contributed by atoms with Crippen molar-refractivity contribution in [2.45, 2.75) is 0 Å². The average Bonchev–Trinajstić information content (AvgIpc) is 2.12. The average molecular weight is 175 g/mol. The van der Waals surface area contributed by atoms with Crippen molar-refractivity contribution >= 4 is 31.0 Å². The molecule has 1 nitrogen and oxygen atoms in total. The van der Waals surface area contributed by atoms with E-state index in [2.05, 4.69) is 15.3 Å². The molecule has 60 valence electrons. The molecule has 2 rings (SSSR count). The lowest BCUT2D eigenvalue weighted by atomic mass is 10.1. The van der Waals surface area contributed by atoms with Crippen molar-refractivity contribution in [2.24, 2.45) is 0 Å². The van der Waals surface area contributed by atoms with Crippen molar-refractivity contribution in [3.63, 3.8) is 0 Å². The van der Waals surface area contributed by atoms with Crippen LogP contribution in [0.5, 0.6) is 0 Å². The van der Waals surface area contributed by atoms with Gasteiger partial charge in [0.25, 0.3) is 0 Å². The molecule has 0 aliphatic heterocycles. The molecular formula is C10H10NP. The van der Waals surface area contributed by atoms with Crippen molar-refractivity contribution in [3.05, 3.63) is 36.4 Å². The van der Waals surface area contributed by atoms with E-state index < -0.39 is 0 Å². The quantitative estimate of drug-likeness (QED) is 0.480. The summed E-state index contributed by atoms with van der Waals surface area (Å²) in [6, 6.07) is 12.1. The SMILES string of the molecule is Nc1ccc(P)c2ccccc12. The Kier molecular flexibility index (Phi) is 1.74. The van der Waals surface area contributed by atoms with E-state index in [1.54, 1.807) is 0 Å². The zero-order valence-corrected chi connectivity index (χ0v) is 7.77. The summed E-state index contributed by atoms with van der Waals surface area (Å²) in [6.07, 6.45) is 0. The van der Waals surface area contributed by atoms with Crippen molar-refractivity contribution < 1.29 is 0 Å². The highest BCUT2D eigenvalue weighted by Gasteiger charge is 1.98. The molecule has 0 aromatic heterocycles. The molecule has 0 saturated carbocycles. The molecule has 2 heteroatoms. The Labute approximate surface area is 73.8 Å². The molecule has 0 aliphatic rings. The molecule has 1 unspecified atom stereocenters. The number of benzene rings is 2. The smallest absolute Gasteiger partial charge is 0.0394 e. The van der Waals surface area contributed by atoms with E-state index in [0.717, 1.165) is 11.1 Å². The van der Waals surface area contributed by atoms with Gasteiger partial charge in [-0.15, -0.1) is 9.24 Å². The van der Waals surface area contributed by atoms with Gasteiger partial charge in [0.15, 0.2) is 0 Å². The van der Waals surface area contributed by atoms with Crippen LogP contribution in [0.25, 0.3) is 10.8 Å². The van der Waals surface area contributed by atoms with Gasteiger partial charge in [0.05, 0.1) is 0 Å². The Morgan fingerprint density at radius 3 is 2.25 bits per heavy atom. The normalized spacial score (nSPS) is 10.4. The van der Waals surface area contributed by atoms with Crippen LogP contribution < -0.4 is 11.0 Å². The molecule has 0 heterocycles. The van der Waals surface area contributed by atoms with E-state index in [9.17, 15) is 0 Å². The van der Waals surface area contributed by atoms with E-state index >= 15 is 0 Å². The summed E-state index contributed by atoms with van der Waals surface area (Å²) < 4.78 is 0. The largest absolute Gasteiger partial charge is 0.398 e. The van der Waals surface area contributed by atoms with Crippen LogP contribution in [-0.4, -0.2) is 0 Å². The lowest BCUT2D eigenvalue weighted by Crippen LogP contribution is -1.95. The van der Waals surface area contributed by atoms with Crippen LogP contribution in [0.2, 0.25) is 0 Å². The molecule has 2 aromatic carbocycles. The van der Waals surface area contributed by atoms with Gasteiger partial charge in [0, 0.05) is 11.1 Å². The lowest BCUT2D eigenvalue weighted by Gasteiger charge is -2.03. The molecule has 2 aromatic rings. The Morgan fingerprint density at radius 2 is 1.58 bits per heavy atom. The number of anilines is 1. The zero-order chi connectivity index (χ0) is 8.55. The molecule has 0 spiro atoms. The highest BCUT2D eigenvalue weighted by atomic mass is 31.0. The second-order valence-corrected chi connectivity index (χ2v) is 3.41. The Balaban J connectivity index is 2.95. The van der Waals surface area contributed by atoms with Gasteiger partial charge < -0.3 is 5.73 Å². The molecule has 1 atom stereocenters. The summed E-state index contributed by atoms with van der Waals surface area (Å²) >= 11 is 0. The first-order valence-electron chi connectivity index (χ1n) is 3.82. The van der Waals surface area contributed by atoms with Crippen molar-refractivity contribution in [2.75, 3.05) is 5.73 Å². The first kappa shape index (κ1) is 7.57. The number of nitrogens with two attached hydrogens (primary N) is 1. The summed E-state index contributed by atoms with van der Waals surface area (Å²) in [5, 5.41) is 3.53. The van der Waals surface area contributed by atoms with E-state index in [4.69, 9.17) is 5.73 Å². The highest BCUT2D eigenvalue weighted by Crippen LogP contribution is 2.19. The predicted octanol–water partition coefficient (Wildman–Crippen LogP) is 1.92. The molecule has 0 bridgehead atoms. The van der Waals surface area contributed by atoms with Crippen LogP contribution >= 0.6 is 9.24 Å². The monoisotopic (exact) mass is 175 g/mol. The number of rotatable bonds is 0. The van der Waals surface area contributed by atoms with Crippen LogP contribution in [0.3, 0.4) is 0 Å². The van der Waals surface area contributed by atoms with Gasteiger partial charge in [-0.05, 0) is 16.8 Å². The lowest BCUT2D eigenvalue weighted by molar-refractivity contribution is 1.76. The minimum absolute atomic E-state index is 0.844. The summed E-state index contributed by atoms with van der Waals surface area (Å²) in [7, 11) is 2.71. The minimum atomic E-state index is 0.844. The highest BCUT2D eigenvalue weighted by molar-refractivity contribution is 7.28. The van der Waals surface area contributed by atoms with Crippen LogP contribution in [0.1, 0.15) is 0 Å². The number of hydrogen-bond acceptors (Lipinski definition) is 1. The zero-order valence-electron chi connectivity index (χ0n) is 6.62. The van der Waals surface area contributed by atoms with Crippen molar-refractivity contribution in [1.82, 2.24) is 0 Å². The maximum absolute atomic E-state index is 5.82. The summed E-state index contributed by atoms with van der Waals surface area (Å²) in [6.45, 7) is 0. The Morgan fingerprint density at radius 1 is 0.917 bits per heavy atom. The summed E-state index contributed by atoms with van der Waals surface area (Å²) in [5.41, 5.74) is 6.66. The molecule has 0 radical (unpaired) electrons. The van der Waals surface area contributed by atoms with Gasteiger partial charge in [-0.25, -0.2) is 0 Å². The fraction of sp³-hybridized carbons (Fsp3) is 0. The predicted molar refractivity (Wildman–Crippen MR) is 57.7 cm³/mol. The maximum atomic E-state index is 5.82.